The highest BCUT2D eigenvalue weighted by molar-refractivity contribution is 7.90. The van der Waals surface area contributed by atoms with Crippen LogP contribution in [-0.4, -0.2) is 54.4 Å². The van der Waals surface area contributed by atoms with E-state index < -0.39 is 21.3 Å². The van der Waals surface area contributed by atoms with E-state index in [0.717, 1.165) is 11.8 Å². The fourth-order valence-electron chi connectivity index (χ4n) is 3.94. The van der Waals surface area contributed by atoms with Crippen LogP contribution in [-0.2, 0) is 15.4 Å². The van der Waals surface area contributed by atoms with Crippen LogP contribution >= 0.6 is 0 Å². The number of aryl methyl sites for hydroxylation is 1. The molecular formula is C24H25N7O4S. The van der Waals surface area contributed by atoms with Gasteiger partial charge in [-0.25, -0.2) is 13.2 Å². The maximum atomic E-state index is 12.7. The molecule has 3 aromatic rings. The van der Waals surface area contributed by atoms with Gasteiger partial charge in [0.1, 0.15) is 11.1 Å². The molecule has 36 heavy (non-hydrogen) atoms. The van der Waals surface area contributed by atoms with Gasteiger partial charge in [0.25, 0.3) is 5.91 Å². The number of hydrogen-bond acceptors (Lipinski definition) is 7. The molecule has 4 rings (SSSR count). The normalized spacial score (nSPS) is 14.4. The Kier molecular flexibility index (Phi) is 6.43. The van der Waals surface area contributed by atoms with Crippen LogP contribution in [0.15, 0.2) is 59.6 Å². The van der Waals surface area contributed by atoms with Gasteiger partial charge in [-0.1, -0.05) is 17.7 Å². The molecule has 0 atom stereocenters. The van der Waals surface area contributed by atoms with Crippen LogP contribution in [0.4, 0.5) is 22.0 Å². The molecule has 1 aromatic heterocycles. The van der Waals surface area contributed by atoms with Crippen LogP contribution in [0.5, 0.6) is 0 Å². The summed E-state index contributed by atoms with van der Waals surface area (Å²) in [7, 11) is -3.36. The van der Waals surface area contributed by atoms with E-state index in [4.69, 9.17) is 5.73 Å². The molecule has 1 aliphatic heterocycles. The second-order valence-corrected chi connectivity index (χ2v) is 10.8. The van der Waals surface area contributed by atoms with Crippen LogP contribution in [0, 0.1) is 18.3 Å². The summed E-state index contributed by atoms with van der Waals surface area (Å²) in [5.41, 5.74) is 7.06. The van der Waals surface area contributed by atoms with Crippen molar-refractivity contribution in [1.82, 2.24) is 14.7 Å². The highest BCUT2D eigenvalue weighted by atomic mass is 32.2. The summed E-state index contributed by atoms with van der Waals surface area (Å²) in [6, 6.07) is 15.2. The first kappa shape index (κ1) is 24.7. The summed E-state index contributed by atoms with van der Waals surface area (Å²) in [6.45, 7) is 2.37. The minimum absolute atomic E-state index is 0.0592. The topological polar surface area (TPSA) is 163 Å². The number of urea groups is 1. The minimum Gasteiger partial charge on any atom is -0.365 e. The Hall–Kier alpha value is -4.37. The molecule has 1 fully saturated rings. The van der Waals surface area contributed by atoms with Crippen LogP contribution < -0.4 is 16.4 Å². The van der Waals surface area contributed by atoms with Gasteiger partial charge in [-0.2, -0.15) is 10.4 Å². The van der Waals surface area contributed by atoms with Gasteiger partial charge in [-0.05, 0) is 43.3 Å². The fraction of sp³-hybridized carbons (Fsp3) is 0.250. The first-order valence-corrected chi connectivity index (χ1v) is 12.9. The smallest absolute Gasteiger partial charge is 0.322 e. The van der Waals surface area contributed by atoms with Crippen molar-refractivity contribution in [3.8, 4) is 6.07 Å². The van der Waals surface area contributed by atoms with E-state index in [1.807, 2.05) is 31.2 Å². The number of aromatic nitrogens is 2. The molecule has 0 unspecified atom stereocenters. The van der Waals surface area contributed by atoms with Crippen molar-refractivity contribution >= 4 is 39.0 Å². The lowest BCUT2D eigenvalue weighted by Crippen LogP contribution is -2.65. The monoisotopic (exact) mass is 507 g/mol. The average Bonchev–Trinajstić information content (AvgIpc) is 3.21. The number of rotatable bonds is 7. The molecule has 0 saturated carbocycles. The molecule has 11 nitrogen and oxygen atoms in total. The first-order chi connectivity index (χ1) is 17.0. The number of carbonyl (C=O) groups excluding carboxylic acids is 2. The maximum absolute atomic E-state index is 12.7. The van der Waals surface area contributed by atoms with Gasteiger partial charge in [0.05, 0.1) is 30.5 Å². The van der Waals surface area contributed by atoms with Gasteiger partial charge in [0, 0.05) is 23.8 Å². The van der Waals surface area contributed by atoms with Crippen molar-refractivity contribution in [3.05, 3.63) is 65.9 Å². The van der Waals surface area contributed by atoms with Crippen LogP contribution in [0.1, 0.15) is 22.3 Å². The van der Waals surface area contributed by atoms with Crippen molar-refractivity contribution in [3.63, 3.8) is 0 Å². The van der Waals surface area contributed by atoms with Crippen molar-refractivity contribution in [2.75, 3.05) is 30.0 Å². The molecule has 0 radical (unpaired) electrons. The Morgan fingerprint density at radius 1 is 1.11 bits per heavy atom. The second kappa shape index (κ2) is 9.35. The molecule has 0 bridgehead atoms. The SMILES string of the molecule is Cc1ccc(NC(=O)N2CC(CC#N)(n3cc(C(N)=O)c(Nc4ccc(S(C)(=O)=O)cc4)n3)C2)cc1. The van der Waals surface area contributed by atoms with Gasteiger partial charge in [-0.3, -0.25) is 9.48 Å². The Bertz CT molecular complexity index is 1450. The van der Waals surface area contributed by atoms with E-state index in [1.54, 1.807) is 17.0 Å². The summed E-state index contributed by atoms with van der Waals surface area (Å²) >= 11 is 0. The van der Waals surface area contributed by atoms with Crippen molar-refractivity contribution < 1.29 is 18.0 Å². The molecule has 12 heteroatoms. The number of benzene rings is 2. The van der Waals surface area contributed by atoms with Gasteiger partial charge < -0.3 is 21.3 Å². The molecule has 2 heterocycles. The summed E-state index contributed by atoms with van der Waals surface area (Å²) in [5, 5.41) is 19.7. The Morgan fingerprint density at radius 2 is 1.72 bits per heavy atom. The van der Waals surface area contributed by atoms with E-state index >= 15 is 0 Å². The van der Waals surface area contributed by atoms with E-state index in [1.165, 1.54) is 23.0 Å². The van der Waals surface area contributed by atoms with Crippen LogP contribution in [0.25, 0.3) is 0 Å². The number of anilines is 3. The van der Waals surface area contributed by atoms with Crippen molar-refractivity contribution in [2.45, 2.75) is 23.8 Å². The molecule has 2 aromatic carbocycles. The third kappa shape index (κ3) is 5.01. The predicted octanol–water partition coefficient (Wildman–Crippen LogP) is 2.59. The molecule has 3 amide bonds. The van der Waals surface area contributed by atoms with Gasteiger partial charge in [-0.15, -0.1) is 0 Å². The van der Waals surface area contributed by atoms with Gasteiger partial charge >= 0.3 is 6.03 Å². The fourth-order valence-corrected chi connectivity index (χ4v) is 4.57. The predicted molar refractivity (Wildman–Crippen MR) is 134 cm³/mol. The zero-order valence-electron chi connectivity index (χ0n) is 19.7. The van der Waals surface area contributed by atoms with Crippen molar-refractivity contribution in [1.29, 1.82) is 5.26 Å². The van der Waals surface area contributed by atoms with E-state index in [2.05, 4.69) is 21.8 Å². The lowest BCUT2D eigenvalue weighted by atomic mass is 9.87. The zero-order chi connectivity index (χ0) is 26.1. The number of nitrogens with two attached hydrogens (primary N) is 1. The highest BCUT2D eigenvalue weighted by Crippen LogP contribution is 2.34. The molecule has 1 aliphatic rings. The van der Waals surface area contributed by atoms with Gasteiger partial charge in [0.15, 0.2) is 15.7 Å². The Morgan fingerprint density at radius 3 is 2.28 bits per heavy atom. The lowest BCUT2D eigenvalue weighted by Gasteiger charge is -2.48. The summed E-state index contributed by atoms with van der Waals surface area (Å²) < 4.78 is 24.9. The number of sulfone groups is 1. The summed E-state index contributed by atoms with van der Waals surface area (Å²) in [6.07, 6.45) is 2.63. The zero-order valence-corrected chi connectivity index (χ0v) is 20.5. The Balaban J connectivity index is 1.54. The molecule has 0 aliphatic carbocycles. The first-order valence-electron chi connectivity index (χ1n) is 11.0. The molecule has 4 N–H and O–H groups in total. The third-order valence-corrected chi connectivity index (χ3v) is 7.11. The van der Waals surface area contributed by atoms with E-state index in [0.29, 0.717) is 11.4 Å². The average molecular weight is 508 g/mol. The number of likely N-dealkylation sites (tertiary alicyclic amines) is 1. The number of carbonyl (C=O) groups is 2. The standard InChI is InChI=1S/C24H25N7O4S/c1-16-3-5-18(6-4-16)28-23(33)30-14-24(15-30,11-12-25)31-13-20(21(26)32)22(29-31)27-17-7-9-19(10-8-17)36(2,34)35/h3-10,13H,11,14-15H2,1-2H3,(H2,26,32)(H,27,29)(H,28,33). The van der Waals surface area contributed by atoms with Crippen LogP contribution in [0.3, 0.4) is 0 Å². The molecule has 186 valence electrons. The molecule has 0 spiro atoms. The lowest BCUT2D eigenvalue weighted by molar-refractivity contribution is 0.0401. The number of hydrogen-bond donors (Lipinski definition) is 3. The summed E-state index contributed by atoms with van der Waals surface area (Å²) in [4.78, 5) is 26.5. The van der Waals surface area contributed by atoms with Crippen molar-refractivity contribution in [2.24, 2.45) is 5.73 Å². The molecule has 1 saturated heterocycles. The third-order valence-electron chi connectivity index (χ3n) is 5.98. The maximum Gasteiger partial charge on any atom is 0.322 e. The number of primary amides is 1. The highest BCUT2D eigenvalue weighted by Gasteiger charge is 2.48. The Labute approximate surface area is 208 Å². The second-order valence-electron chi connectivity index (χ2n) is 8.83. The summed E-state index contributed by atoms with van der Waals surface area (Å²) in [5.74, 6) is -0.564. The number of nitriles is 1. The largest absolute Gasteiger partial charge is 0.365 e. The number of nitrogens with one attached hydrogen (secondary N) is 2. The van der Waals surface area contributed by atoms with E-state index in [9.17, 15) is 23.3 Å². The van der Waals surface area contributed by atoms with E-state index in [-0.39, 0.29) is 41.8 Å². The number of nitrogens with zero attached hydrogens (tertiary/aromatic N) is 4. The van der Waals surface area contributed by atoms with Gasteiger partial charge in [0.2, 0.25) is 0 Å². The molecular weight excluding hydrogens is 482 g/mol. The quantitative estimate of drug-likeness (QED) is 0.442. The number of amides is 3. The minimum atomic E-state index is -3.36. The van der Waals surface area contributed by atoms with Crippen LogP contribution in [0.2, 0.25) is 0 Å².